The Morgan fingerprint density at radius 1 is 0.710 bits per heavy atom. The van der Waals surface area contributed by atoms with E-state index in [1.54, 1.807) is 4.90 Å². The van der Waals surface area contributed by atoms with E-state index >= 15 is 0 Å². The summed E-state index contributed by atoms with van der Waals surface area (Å²) < 4.78 is 0.0163. The molecule has 2 amide bonds. The molecule has 0 aliphatic carbocycles. The van der Waals surface area contributed by atoms with Gasteiger partial charge in [-0.2, -0.15) is 0 Å². The van der Waals surface area contributed by atoms with Crippen molar-refractivity contribution in [2.75, 3.05) is 11.5 Å². The van der Waals surface area contributed by atoms with Gasteiger partial charge in [0.05, 0.1) is 5.03 Å². The lowest BCUT2D eigenvalue weighted by molar-refractivity contribution is 0.189. The fourth-order valence-corrected chi connectivity index (χ4v) is 5.20. The third-order valence-electron chi connectivity index (χ3n) is 3.63. The lowest BCUT2D eigenvalue weighted by Crippen LogP contribution is -2.39. The number of halogens is 5. The summed E-state index contributed by atoms with van der Waals surface area (Å²) in [6.07, 6.45) is 0. The molecule has 0 atom stereocenters. The fourth-order valence-electron chi connectivity index (χ4n) is 2.53. The van der Waals surface area contributed by atoms with Crippen LogP contribution in [0.15, 0.2) is 20.1 Å². The summed E-state index contributed by atoms with van der Waals surface area (Å²) in [6, 6.07) is 0.718. The molecular formula is C20H33Cl5N2O2S2. The van der Waals surface area contributed by atoms with Gasteiger partial charge in [0.2, 0.25) is 0 Å². The third-order valence-corrected chi connectivity index (χ3v) is 7.34. The monoisotopic (exact) mass is 572 g/mol. The predicted octanol–water partition coefficient (Wildman–Crippen LogP) is 9.12. The molecule has 0 saturated heterocycles. The van der Waals surface area contributed by atoms with E-state index in [2.05, 4.69) is 0 Å². The van der Waals surface area contributed by atoms with Crippen molar-refractivity contribution in [3.63, 3.8) is 0 Å². The molecule has 0 heterocycles. The Hall–Kier alpha value is 0.570. The van der Waals surface area contributed by atoms with Crippen LogP contribution in [-0.4, -0.2) is 56.0 Å². The van der Waals surface area contributed by atoms with Gasteiger partial charge in [-0.25, -0.2) is 0 Å². The number of rotatable bonds is 8. The molecule has 0 aromatic carbocycles. The van der Waals surface area contributed by atoms with Gasteiger partial charge in [-0.3, -0.25) is 9.59 Å². The Morgan fingerprint density at radius 3 is 1.29 bits per heavy atom. The molecule has 0 saturated carbocycles. The van der Waals surface area contributed by atoms with Crippen LogP contribution >= 0.6 is 81.5 Å². The first kappa shape index (κ1) is 33.7. The summed E-state index contributed by atoms with van der Waals surface area (Å²) in [5.41, 5.74) is 1.29. The Balaban J connectivity index is 0. The first-order chi connectivity index (χ1) is 14.2. The minimum Gasteiger partial charge on any atom is -0.329 e. The van der Waals surface area contributed by atoms with Crippen LogP contribution in [0.3, 0.4) is 0 Å². The number of carbonyl (C=O) groups is 2. The maximum Gasteiger partial charge on any atom is 0.282 e. The standard InChI is InChI=1S/C10H16Cl3NOS.C10H17Cl2NOS/c1-6(2)14(7(3)4)10(15)16-5-8(11)9(12)13;1-7(2)13(8(3)4)10(14)15-6-9(12)5-11/h6-7H,5H2,1-4H3;5,7-8H,6H2,1-4H3/b;9-5-. The molecule has 0 aromatic rings. The second kappa shape index (κ2) is 18.0. The maximum atomic E-state index is 11.9. The van der Waals surface area contributed by atoms with Gasteiger partial charge in [0, 0.05) is 46.2 Å². The molecule has 4 nitrogen and oxygen atoms in total. The zero-order valence-corrected chi connectivity index (χ0v) is 24.6. The van der Waals surface area contributed by atoms with Crippen LogP contribution in [0, 0.1) is 0 Å². The minimum absolute atomic E-state index is 0.0160. The van der Waals surface area contributed by atoms with Crippen molar-refractivity contribution in [2.24, 2.45) is 0 Å². The molecule has 0 aliphatic rings. The Bertz CT molecular complexity index is 607. The number of carbonyl (C=O) groups excluding carboxylic acids is 2. The van der Waals surface area contributed by atoms with Crippen LogP contribution < -0.4 is 0 Å². The first-order valence-corrected chi connectivity index (χ1v) is 13.6. The molecule has 31 heavy (non-hydrogen) atoms. The summed E-state index contributed by atoms with van der Waals surface area (Å²) >= 11 is 30.1. The van der Waals surface area contributed by atoms with Crippen molar-refractivity contribution in [1.82, 2.24) is 9.80 Å². The fraction of sp³-hybridized carbons (Fsp3) is 0.700. The highest BCUT2D eigenvalue weighted by molar-refractivity contribution is 8.14. The van der Waals surface area contributed by atoms with Crippen molar-refractivity contribution in [1.29, 1.82) is 0 Å². The Kier molecular flexibility index (Phi) is 19.6. The van der Waals surface area contributed by atoms with Gasteiger partial charge in [0.25, 0.3) is 10.5 Å². The van der Waals surface area contributed by atoms with Gasteiger partial charge in [-0.15, -0.1) is 0 Å². The number of amides is 2. The third kappa shape index (κ3) is 15.2. The minimum atomic E-state index is -0.0160. The molecular weight excluding hydrogens is 542 g/mol. The predicted molar refractivity (Wildman–Crippen MR) is 144 cm³/mol. The van der Waals surface area contributed by atoms with Crippen molar-refractivity contribution < 1.29 is 9.59 Å². The Morgan fingerprint density at radius 2 is 1.03 bits per heavy atom. The van der Waals surface area contributed by atoms with Crippen LogP contribution in [0.2, 0.25) is 0 Å². The van der Waals surface area contributed by atoms with Gasteiger partial charge in [-0.05, 0) is 55.4 Å². The summed E-state index contributed by atoms with van der Waals surface area (Å²) in [6.45, 7) is 15.9. The van der Waals surface area contributed by atoms with Crippen LogP contribution in [-0.2, 0) is 0 Å². The van der Waals surface area contributed by atoms with Crippen LogP contribution in [0.5, 0.6) is 0 Å². The van der Waals surface area contributed by atoms with E-state index in [9.17, 15) is 9.59 Å². The quantitative estimate of drug-likeness (QED) is 0.290. The highest BCUT2D eigenvalue weighted by atomic mass is 35.5. The molecule has 0 fully saturated rings. The molecule has 0 bridgehead atoms. The van der Waals surface area contributed by atoms with Gasteiger partial charge in [-0.1, -0.05) is 81.5 Å². The second-order valence-electron chi connectivity index (χ2n) is 7.52. The average molecular weight is 575 g/mol. The van der Waals surface area contributed by atoms with Gasteiger partial charge in [0.15, 0.2) is 0 Å². The van der Waals surface area contributed by atoms with E-state index < -0.39 is 0 Å². The van der Waals surface area contributed by atoms with Gasteiger partial charge < -0.3 is 9.80 Å². The molecule has 182 valence electrons. The maximum absolute atomic E-state index is 11.9. The van der Waals surface area contributed by atoms with E-state index in [4.69, 9.17) is 58.0 Å². The molecule has 0 N–H and O–H groups in total. The van der Waals surface area contributed by atoms with Crippen molar-refractivity contribution in [3.05, 3.63) is 20.1 Å². The summed E-state index contributed by atoms with van der Waals surface area (Å²) in [5.74, 6) is 0.735. The average Bonchev–Trinajstić information content (AvgIpc) is 2.63. The molecule has 11 heteroatoms. The highest BCUT2D eigenvalue weighted by Gasteiger charge is 2.21. The van der Waals surface area contributed by atoms with E-state index in [1.165, 1.54) is 17.3 Å². The first-order valence-electron chi connectivity index (χ1n) is 9.71. The smallest absolute Gasteiger partial charge is 0.282 e. The molecule has 0 aromatic heterocycles. The SMILES string of the molecule is CC(C)N(C(=O)SC/C(Cl)=C/Cl)C(C)C.CC(C)N(C(=O)SCC(Cl)=C(Cl)Cl)C(C)C. The van der Waals surface area contributed by atoms with Crippen LogP contribution in [0.25, 0.3) is 0 Å². The molecule has 0 rings (SSSR count). The van der Waals surface area contributed by atoms with E-state index in [-0.39, 0.29) is 39.1 Å². The number of thioether (sulfide) groups is 2. The lowest BCUT2D eigenvalue weighted by Gasteiger charge is -2.30. The number of nitrogens with zero attached hydrogens (tertiary/aromatic N) is 2. The zero-order chi connectivity index (χ0) is 24.9. The molecule has 0 aliphatic heterocycles. The summed E-state index contributed by atoms with van der Waals surface area (Å²) in [7, 11) is 0. The summed E-state index contributed by atoms with van der Waals surface area (Å²) in [4.78, 5) is 27.3. The molecule has 0 unspecified atom stereocenters. The van der Waals surface area contributed by atoms with E-state index in [1.807, 2.05) is 60.3 Å². The summed E-state index contributed by atoms with van der Waals surface area (Å²) in [5, 5.41) is 0.811. The normalized spacial score (nSPS) is 11.6. The topological polar surface area (TPSA) is 40.6 Å². The zero-order valence-electron chi connectivity index (χ0n) is 19.2. The Labute approximate surface area is 221 Å². The van der Waals surface area contributed by atoms with Gasteiger partial charge in [0.1, 0.15) is 4.49 Å². The number of hydrogen-bond acceptors (Lipinski definition) is 4. The van der Waals surface area contributed by atoms with Crippen molar-refractivity contribution in [2.45, 2.75) is 79.6 Å². The van der Waals surface area contributed by atoms with Crippen molar-refractivity contribution in [3.8, 4) is 0 Å². The van der Waals surface area contributed by atoms with E-state index in [0.717, 1.165) is 11.8 Å². The van der Waals surface area contributed by atoms with Gasteiger partial charge >= 0.3 is 0 Å². The van der Waals surface area contributed by atoms with Crippen molar-refractivity contribution >= 4 is 92.0 Å². The lowest BCUT2D eigenvalue weighted by atomic mass is 10.2. The highest BCUT2D eigenvalue weighted by Crippen LogP contribution is 2.24. The van der Waals surface area contributed by atoms with Crippen LogP contribution in [0.1, 0.15) is 55.4 Å². The second-order valence-corrected chi connectivity index (χ2v) is 11.5. The molecule has 0 spiro atoms. The van der Waals surface area contributed by atoms with E-state index in [0.29, 0.717) is 21.6 Å². The van der Waals surface area contributed by atoms with Crippen LogP contribution in [0.4, 0.5) is 9.59 Å². The largest absolute Gasteiger partial charge is 0.329 e. The number of hydrogen-bond donors (Lipinski definition) is 0. The molecule has 0 radical (unpaired) electrons.